The highest BCUT2D eigenvalue weighted by Gasteiger charge is 2.23. The van der Waals surface area contributed by atoms with Gasteiger partial charge in [-0.25, -0.2) is 8.42 Å². The first-order chi connectivity index (χ1) is 14.1. The molecule has 0 fully saturated rings. The second kappa shape index (κ2) is 9.91. The van der Waals surface area contributed by atoms with Gasteiger partial charge in [0.2, 0.25) is 15.9 Å². The molecule has 0 unspecified atom stereocenters. The fraction of sp³-hybridized carbons (Fsp3) is 0.348. The van der Waals surface area contributed by atoms with Gasteiger partial charge in [-0.05, 0) is 60.9 Å². The number of hydrogen-bond acceptors (Lipinski definition) is 4. The van der Waals surface area contributed by atoms with E-state index in [0.29, 0.717) is 18.8 Å². The number of nitrogens with zero attached hydrogens (tertiary/aromatic N) is 2. The highest BCUT2D eigenvalue weighted by Crippen LogP contribution is 2.26. The summed E-state index contributed by atoms with van der Waals surface area (Å²) in [7, 11) is 0.334. The average molecular weight is 430 g/mol. The monoisotopic (exact) mass is 429 g/mol. The molecule has 2 aromatic rings. The van der Waals surface area contributed by atoms with Crippen LogP contribution < -0.4 is 10.2 Å². The van der Waals surface area contributed by atoms with Crippen molar-refractivity contribution < 1.29 is 13.2 Å². The minimum Gasteiger partial charge on any atom is -0.378 e. The smallest absolute Gasteiger partial charge is 0.248 e. The molecule has 0 saturated carbocycles. The van der Waals surface area contributed by atoms with Crippen LogP contribution in [0.5, 0.6) is 0 Å². The average Bonchev–Trinajstić information content (AvgIpc) is 2.70. The number of carbonyl (C=O) groups is 1. The van der Waals surface area contributed by atoms with Crippen LogP contribution in [-0.4, -0.2) is 45.8 Å². The molecule has 0 spiro atoms. The number of amides is 1. The summed E-state index contributed by atoms with van der Waals surface area (Å²) >= 11 is 0. The van der Waals surface area contributed by atoms with Gasteiger partial charge in [0.25, 0.3) is 0 Å². The van der Waals surface area contributed by atoms with Crippen molar-refractivity contribution in [2.75, 3.05) is 37.4 Å². The van der Waals surface area contributed by atoms with E-state index in [-0.39, 0.29) is 10.8 Å². The number of carbonyl (C=O) groups excluding carboxylic acids is 1. The maximum Gasteiger partial charge on any atom is 0.248 e. The van der Waals surface area contributed by atoms with Gasteiger partial charge in [0, 0.05) is 44.6 Å². The maximum atomic E-state index is 12.9. The van der Waals surface area contributed by atoms with E-state index < -0.39 is 10.0 Å². The van der Waals surface area contributed by atoms with Gasteiger partial charge in [-0.2, -0.15) is 4.31 Å². The molecule has 0 aliphatic carbocycles. The van der Waals surface area contributed by atoms with Crippen LogP contribution in [0.15, 0.2) is 47.4 Å². The minimum atomic E-state index is -3.61. The van der Waals surface area contributed by atoms with Gasteiger partial charge in [-0.1, -0.05) is 26.0 Å². The van der Waals surface area contributed by atoms with Crippen LogP contribution in [0.1, 0.15) is 30.5 Å². The molecular formula is C23H31N3O3S. The predicted octanol–water partition coefficient (Wildman–Crippen LogP) is 4.05. The number of rotatable bonds is 8. The lowest BCUT2D eigenvalue weighted by Gasteiger charge is -2.20. The maximum absolute atomic E-state index is 12.9. The van der Waals surface area contributed by atoms with Crippen molar-refractivity contribution in [2.24, 2.45) is 0 Å². The van der Waals surface area contributed by atoms with Crippen molar-refractivity contribution in [3.05, 3.63) is 59.2 Å². The van der Waals surface area contributed by atoms with Crippen LogP contribution in [0.4, 0.5) is 11.4 Å². The Balaban J connectivity index is 2.25. The van der Waals surface area contributed by atoms with Crippen molar-refractivity contribution in [1.29, 1.82) is 0 Å². The van der Waals surface area contributed by atoms with E-state index in [1.54, 1.807) is 26.0 Å². The lowest BCUT2D eigenvalue weighted by molar-refractivity contribution is -0.111. The zero-order valence-corrected chi connectivity index (χ0v) is 19.4. The van der Waals surface area contributed by atoms with E-state index in [9.17, 15) is 13.2 Å². The Morgan fingerprint density at radius 3 is 2.17 bits per heavy atom. The Hall–Kier alpha value is -2.64. The number of hydrogen-bond donors (Lipinski definition) is 1. The second-order valence-corrected chi connectivity index (χ2v) is 9.25. The van der Waals surface area contributed by atoms with Crippen LogP contribution in [0.25, 0.3) is 6.08 Å². The summed E-state index contributed by atoms with van der Waals surface area (Å²) in [6, 6.07) is 11.0. The summed E-state index contributed by atoms with van der Waals surface area (Å²) in [5.74, 6) is -0.313. The van der Waals surface area contributed by atoms with Crippen LogP contribution in [0, 0.1) is 13.8 Å². The molecule has 0 aliphatic heterocycles. The van der Waals surface area contributed by atoms with Gasteiger partial charge in [0.15, 0.2) is 0 Å². The molecule has 162 valence electrons. The van der Waals surface area contributed by atoms with Gasteiger partial charge < -0.3 is 10.2 Å². The third kappa shape index (κ3) is 5.49. The minimum absolute atomic E-state index is 0.188. The summed E-state index contributed by atoms with van der Waals surface area (Å²) < 4.78 is 27.2. The first-order valence-electron chi connectivity index (χ1n) is 9.98. The Labute approximate surface area is 180 Å². The zero-order chi connectivity index (χ0) is 22.5. The molecule has 2 aromatic carbocycles. The molecule has 0 radical (unpaired) electrons. The largest absolute Gasteiger partial charge is 0.378 e. The molecular weight excluding hydrogens is 398 g/mol. The number of aryl methyl sites for hydroxylation is 1. The fourth-order valence-corrected chi connectivity index (χ4v) is 4.62. The van der Waals surface area contributed by atoms with Gasteiger partial charge in [-0.3, -0.25) is 4.79 Å². The Morgan fingerprint density at radius 1 is 1.03 bits per heavy atom. The van der Waals surface area contributed by atoms with E-state index >= 15 is 0 Å². The Morgan fingerprint density at radius 2 is 1.63 bits per heavy atom. The van der Waals surface area contributed by atoms with Gasteiger partial charge in [0.1, 0.15) is 0 Å². The quantitative estimate of drug-likeness (QED) is 0.643. The van der Waals surface area contributed by atoms with E-state index in [0.717, 1.165) is 22.4 Å². The Bertz CT molecular complexity index is 1020. The summed E-state index contributed by atoms with van der Waals surface area (Å²) in [6.07, 6.45) is 3.18. The molecule has 7 heteroatoms. The number of anilines is 2. The van der Waals surface area contributed by atoms with Crippen molar-refractivity contribution in [2.45, 2.75) is 32.6 Å². The summed E-state index contributed by atoms with van der Waals surface area (Å²) in [5.41, 5.74) is 4.13. The van der Waals surface area contributed by atoms with E-state index in [2.05, 4.69) is 5.32 Å². The first kappa shape index (κ1) is 23.6. The first-order valence-corrected chi connectivity index (χ1v) is 11.4. The fourth-order valence-electron chi connectivity index (χ4n) is 3.05. The number of nitrogens with one attached hydrogen (secondary N) is 1. The molecule has 0 bridgehead atoms. The van der Waals surface area contributed by atoms with Crippen LogP contribution in [0.2, 0.25) is 0 Å². The molecule has 6 nitrogen and oxygen atoms in total. The number of benzene rings is 2. The molecule has 0 heterocycles. The van der Waals surface area contributed by atoms with Crippen molar-refractivity contribution in [1.82, 2.24) is 4.31 Å². The normalized spacial score (nSPS) is 11.8. The van der Waals surface area contributed by atoms with Gasteiger partial charge in [0.05, 0.1) is 4.90 Å². The predicted molar refractivity (Wildman–Crippen MR) is 124 cm³/mol. The molecule has 1 amide bonds. The van der Waals surface area contributed by atoms with Crippen LogP contribution >= 0.6 is 0 Å². The van der Waals surface area contributed by atoms with Gasteiger partial charge in [-0.15, -0.1) is 0 Å². The molecule has 0 saturated heterocycles. The summed E-state index contributed by atoms with van der Waals surface area (Å²) in [5, 5.41) is 2.82. The Kier molecular flexibility index (Phi) is 7.81. The SMILES string of the molecule is CCN(CC)S(=O)(=O)c1cc(C)c(C)c(NC(=O)/C=C/c2ccc(N(C)C)cc2)c1. The van der Waals surface area contributed by atoms with E-state index in [4.69, 9.17) is 0 Å². The second-order valence-electron chi connectivity index (χ2n) is 7.31. The summed E-state index contributed by atoms with van der Waals surface area (Å²) in [6.45, 7) is 8.10. The highest BCUT2D eigenvalue weighted by molar-refractivity contribution is 7.89. The van der Waals surface area contributed by atoms with Crippen molar-refractivity contribution in [3.8, 4) is 0 Å². The molecule has 2 rings (SSSR count). The van der Waals surface area contributed by atoms with Crippen LogP contribution in [0.3, 0.4) is 0 Å². The van der Waals surface area contributed by atoms with Gasteiger partial charge >= 0.3 is 0 Å². The van der Waals surface area contributed by atoms with E-state index in [1.807, 2.05) is 57.1 Å². The third-order valence-corrected chi connectivity index (χ3v) is 7.11. The lowest BCUT2D eigenvalue weighted by atomic mass is 10.1. The standard InChI is InChI=1S/C23H31N3O3S/c1-7-26(8-2)30(28,29)21-15-17(3)18(4)22(16-21)24-23(27)14-11-19-9-12-20(13-10-19)25(5)6/h9-16H,7-8H2,1-6H3,(H,24,27)/b14-11+. The van der Waals surface area contributed by atoms with Crippen molar-refractivity contribution in [3.63, 3.8) is 0 Å². The molecule has 0 aliphatic rings. The molecule has 30 heavy (non-hydrogen) atoms. The van der Waals surface area contributed by atoms with E-state index in [1.165, 1.54) is 16.4 Å². The zero-order valence-electron chi connectivity index (χ0n) is 18.6. The van der Waals surface area contributed by atoms with Crippen LogP contribution in [-0.2, 0) is 14.8 Å². The molecule has 0 aromatic heterocycles. The van der Waals surface area contributed by atoms with Crippen molar-refractivity contribution >= 4 is 33.4 Å². The molecule has 0 atom stereocenters. The third-order valence-electron chi connectivity index (χ3n) is 5.08. The molecule has 1 N–H and O–H groups in total. The highest BCUT2D eigenvalue weighted by atomic mass is 32.2. The summed E-state index contributed by atoms with van der Waals surface area (Å²) in [4.78, 5) is 14.7. The topological polar surface area (TPSA) is 69.7 Å². The number of sulfonamides is 1. The lowest BCUT2D eigenvalue weighted by Crippen LogP contribution is -2.30.